The molecule has 3 heteroatoms. The molecule has 0 radical (unpaired) electrons. The molecule has 0 saturated carbocycles. The summed E-state index contributed by atoms with van der Waals surface area (Å²) in [4.78, 5) is 4.28. The molecule has 0 aliphatic heterocycles. The van der Waals surface area contributed by atoms with Gasteiger partial charge in [-0.25, -0.2) is 4.98 Å². The van der Waals surface area contributed by atoms with Crippen LogP contribution in [0.3, 0.4) is 0 Å². The first-order valence-corrected chi connectivity index (χ1v) is 6.93. The van der Waals surface area contributed by atoms with Gasteiger partial charge in [0.15, 0.2) is 0 Å². The maximum atomic E-state index is 5.72. The molecule has 0 bridgehead atoms. The number of rotatable bonds is 4. The van der Waals surface area contributed by atoms with E-state index in [4.69, 9.17) is 5.73 Å². The van der Waals surface area contributed by atoms with E-state index >= 15 is 0 Å². The average molecular weight is 275 g/mol. The minimum atomic E-state index is 0.514. The van der Waals surface area contributed by atoms with Crippen molar-refractivity contribution in [2.45, 2.75) is 6.42 Å². The van der Waals surface area contributed by atoms with Crippen molar-refractivity contribution in [2.24, 2.45) is 0 Å². The zero-order valence-corrected chi connectivity index (χ0v) is 11.7. The molecule has 3 aromatic rings. The highest BCUT2D eigenvalue weighted by Gasteiger charge is 2.04. The largest absolute Gasteiger partial charge is 0.384 e. The lowest BCUT2D eigenvalue weighted by atomic mass is 10.0. The van der Waals surface area contributed by atoms with Gasteiger partial charge in [-0.2, -0.15) is 0 Å². The number of hydrogen-bond donors (Lipinski definition) is 2. The lowest BCUT2D eigenvalue weighted by Crippen LogP contribution is -2.00. The molecule has 1 aromatic heterocycles. The number of nitrogens with two attached hydrogens (primary N) is 1. The van der Waals surface area contributed by atoms with Crippen molar-refractivity contribution in [1.29, 1.82) is 0 Å². The third-order valence-electron chi connectivity index (χ3n) is 3.29. The lowest BCUT2D eigenvalue weighted by molar-refractivity contribution is 1.19. The van der Waals surface area contributed by atoms with Crippen molar-refractivity contribution < 1.29 is 0 Å². The second-order valence-electron chi connectivity index (χ2n) is 4.89. The van der Waals surface area contributed by atoms with Crippen molar-refractivity contribution in [3.8, 4) is 0 Å². The number of anilines is 3. The van der Waals surface area contributed by atoms with E-state index in [1.165, 1.54) is 11.1 Å². The Morgan fingerprint density at radius 3 is 2.38 bits per heavy atom. The number of aromatic nitrogens is 1. The molecular formula is C18H17N3. The van der Waals surface area contributed by atoms with E-state index in [1.807, 2.05) is 24.3 Å². The standard InChI is InChI=1S/C18H17N3/c19-17-11-6-12-18(21-17)20-16-10-5-4-9-15(16)13-14-7-2-1-3-8-14/h1-12H,13H2,(H3,19,20,21). The van der Waals surface area contributed by atoms with Gasteiger partial charge in [0.25, 0.3) is 0 Å². The summed E-state index contributed by atoms with van der Waals surface area (Å²) in [7, 11) is 0. The number of para-hydroxylation sites is 1. The molecule has 0 amide bonds. The molecule has 3 rings (SSSR count). The average Bonchev–Trinajstić information content (AvgIpc) is 2.50. The molecule has 3 N–H and O–H groups in total. The Balaban J connectivity index is 1.86. The Kier molecular flexibility index (Phi) is 3.83. The molecule has 21 heavy (non-hydrogen) atoms. The van der Waals surface area contributed by atoms with Crippen LogP contribution in [0.4, 0.5) is 17.3 Å². The normalized spacial score (nSPS) is 10.3. The van der Waals surface area contributed by atoms with Crippen LogP contribution in [0.1, 0.15) is 11.1 Å². The molecule has 1 heterocycles. The molecule has 0 spiro atoms. The maximum absolute atomic E-state index is 5.72. The van der Waals surface area contributed by atoms with Gasteiger partial charge >= 0.3 is 0 Å². The van der Waals surface area contributed by atoms with Gasteiger partial charge < -0.3 is 11.1 Å². The number of nitrogens with zero attached hydrogens (tertiary/aromatic N) is 1. The van der Waals surface area contributed by atoms with Gasteiger partial charge in [-0.05, 0) is 35.7 Å². The van der Waals surface area contributed by atoms with Crippen LogP contribution in [0.2, 0.25) is 0 Å². The Labute approximate surface area is 124 Å². The number of nitrogens with one attached hydrogen (secondary N) is 1. The summed E-state index contributed by atoms with van der Waals surface area (Å²) in [5.41, 5.74) is 9.29. The number of pyridine rings is 1. The topological polar surface area (TPSA) is 50.9 Å². The summed E-state index contributed by atoms with van der Waals surface area (Å²) in [5, 5.41) is 3.34. The van der Waals surface area contributed by atoms with E-state index in [2.05, 4.69) is 52.8 Å². The van der Waals surface area contributed by atoms with Crippen LogP contribution in [0.5, 0.6) is 0 Å². The molecule has 0 aliphatic rings. The van der Waals surface area contributed by atoms with Crippen molar-refractivity contribution in [3.63, 3.8) is 0 Å². The molecule has 2 aromatic carbocycles. The third-order valence-corrected chi connectivity index (χ3v) is 3.29. The van der Waals surface area contributed by atoms with Crippen LogP contribution < -0.4 is 11.1 Å². The van der Waals surface area contributed by atoms with Crippen LogP contribution >= 0.6 is 0 Å². The molecular weight excluding hydrogens is 258 g/mol. The summed E-state index contributed by atoms with van der Waals surface area (Å²) in [5.74, 6) is 1.27. The highest BCUT2D eigenvalue weighted by molar-refractivity contribution is 5.62. The third kappa shape index (κ3) is 3.39. The Morgan fingerprint density at radius 1 is 0.810 bits per heavy atom. The SMILES string of the molecule is Nc1cccc(Nc2ccccc2Cc2ccccc2)n1. The van der Waals surface area contributed by atoms with E-state index in [9.17, 15) is 0 Å². The number of hydrogen-bond acceptors (Lipinski definition) is 3. The van der Waals surface area contributed by atoms with E-state index in [1.54, 1.807) is 6.07 Å². The minimum Gasteiger partial charge on any atom is -0.384 e. The molecule has 0 unspecified atom stereocenters. The van der Waals surface area contributed by atoms with Gasteiger partial charge in [-0.3, -0.25) is 0 Å². The van der Waals surface area contributed by atoms with Crippen molar-refractivity contribution in [3.05, 3.63) is 83.9 Å². The van der Waals surface area contributed by atoms with E-state index in [0.29, 0.717) is 5.82 Å². The maximum Gasteiger partial charge on any atom is 0.132 e. The summed E-state index contributed by atoms with van der Waals surface area (Å²) in [6.45, 7) is 0. The predicted octanol–water partition coefficient (Wildman–Crippen LogP) is 4.00. The van der Waals surface area contributed by atoms with Gasteiger partial charge in [-0.15, -0.1) is 0 Å². The van der Waals surface area contributed by atoms with Crippen LogP contribution in [-0.4, -0.2) is 4.98 Å². The number of benzene rings is 2. The monoisotopic (exact) mass is 275 g/mol. The Hall–Kier alpha value is -2.81. The Morgan fingerprint density at radius 2 is 1.57 bits per heavy atom. The van der Waals surface area contributed by atoms with E-state index < -0.39 is 0 Å². The molecule has 104 valence electrons. The second kappa shape index (κ2) is 6.09. The van der Waals surface area contributed by atoms with Crippen LogP contribution in [0.15, 0.2) is 72.8 Å². The van der Waals surface area contributed by atoms with Crippen LogP contribution in [-0.2, 0) is 6.42 Å². The first-order chi connectivity index (χ1) is 10.3. The van der Waals surface area contributed by atoms with Gasteiger partial charge in [0, 0.05) is 5.69 Å². The first kappa shape index (κ1) is 13.2. The van der Waals surface area contributed by atoms with Gasteiger partial charge in [0.05, 0.1) is 0 Å². The fourth-order valence-electron chi connectivity index (χ4n) is 2.27. The zero-order chi connectivity index (χ0) is 14.5. The van der Waals surface area contributed by atoms with Crippen molar-refractivity contribution in [2.75, 3.05) is 11.1 Å². The fourth-order valence-corrected chi connectivity index (χ4v) is 2.27. The Bertz CT molecular complexity index is 723. The lowest BCUT2D eigenvalue weighted by Gasteiger charge is -2.12. The van der Waals surface area contributed by atoms with Gasteiger partial charge in [0.1, 0.15) is 11.6 Å². The molecule has 0 saturated heterocycles. The van der Waals surface area contributed by atoms with Gasteiger partial charge in [-0.1, -0.05) is 54.6 Å². The summed E-state index contributed by atoms with van der Waals surface area (Å²) in [6.07, 6.45) is 0.881. The molecule has 0 fully saturated rings. The zero-order valence-electron chi connectivity index (χ0n) is 11.7. The first-order valence-electron chi connectivity index (χ1n) is 6.93. The minimum absolute atomic E-state index is 0.514. The quantitative estimate of drug-likeness (QED) is 0.756. The highest BCUT2D eigenvalue weighted by atomic mass is 15.0. The van der Waals surface area contributed by atoms with Crippen molar-refractivity contribution in [1.82, 2.24) is 4.98 Å². The van der Waals surface area contributed by atoms with Crippen molar-refractivity contribution >= 4 is 17.3 Å². The highest BCUT2D eigenvalue weighted by Crippen LogP contribution is 2.22. The number of nitrogen functional groups attached to an aromatic ring is 1. The smallest absolute Gasteiger partial charge is 0.132 e. The molecule has 3 nitrogen and oxygen atoms in total. The van der Waals surface area contributed by atoms with Crippen LogP contribution in [0, 0.1) is 0 Å². The summed E-state index contributed by atoms with van der Waals surface area (Å²) < 4.78 is 0. The molecule has 0 atom stereocenters. The van der Waals surface area contributed by atoms with Gasteiger partial charge in [0.2, 0.25) is 0 Å². The van der Waals surface area contributed by atoms with E-state index in [0.717, 1.165) is 17.9 Å². The predicted molar refractivity (Wildman–Crippen MR) is 87.6 cm³/mol. The van der Waals surface area contributed by atoms with Crippen LogP contribution in [0.25, 0.3) is 0 Å². The second-order valence-corrected chi connectivity index (χ2v) is 4.89. The fraction of sp³-hybridized carbons (Fsp3) is 0.0556. The molecule has 0 aliphatic carbocycles. The van der Waals surface area contributed by atoms with E-state index in [-0.39, 0.29) is 0 Å². The summed E-state index contributed by atoms with van der Waals surface area (Å²) >= 11 is 0. The summed E-state index contributed by atoms with van der Waals surface area (Å²) in [6, 6.07) is 24.3.